The van der Waals surface area contributed by atoms with Gasteiger partial charge >= 0.3 is 24.1 Å². The zero-order chi connectivity index (χ0) is 16.6. The van der Waals surface area contributed by atoms with Crippen molar-refractivity contribution in [3.63, 3.8) is 0 Å². The van der Waals surface area contributed by atoms with Crippen molar-refractivity contribution < 1.29 is 48.9 Å². The molecule has 0 aromatic rings. The third kappa shape index (κ3) is 29.4. The summed E-state index contributed by atoms with van der Waals surface area (Å²) < 4.78 is 0. The van der Waals surface area contributed by atoms with E-state index in [0.29, 0.717) is 6.29 Å². The molecule has 10 nitrogen and oxygen atoms in total. The van der Waals surface area contributed by atoms with Crippen LogP contribution in [0.5, 0.6) is 0 Å². The van der Waals surface area contributed by atoms with Crippen molar-refractivity contribution in [3.05, 3.63) is 0 Å². The van der Waals surface area contributed by atoms with Crippen LogP contribution in [0.1, 0.15) is 25.7 Å². The minimum Gasteiger partial charge on any atom is -0.481 e. The van der Waals surface area contributed by atoms with Gasteiger partial charge in [-0.1, -0.05) is 0 Å². The molecule has 0 aliphatic rings. The van der Waals surface area contributed by atoms with E-state index in [1.165, 1.54) is 0 Å². The maximum atomic E-state index is 10.2. The number of carboxylic acids is 3. The van der Waals surface area contributed by atoms with E-state index in [9.17, 15) is 24.0 Å². The number of aldehydes is 1. The van der Waals surface area contributed by atoms with Crippen LogP contribution in [0.4, 0.5) is 0 Å². The van der Waals surface area contributed by atoms with Gasteiger partial charge < -0.3 is 20.1 Å². The number of aliphatic carboxylic acids is 3. The lowest BCUT2D eigenvalue weighted by atomic mass is 10.2. The Morgan fingerprint density at radius 1 is 0.850 bits per heavy atom. The molecule has 20 heavy (non-hydrogen) atoms. The summed E-state index contributed by atoms with van der Waals surface area (Å²) in [6, 6.07) is 0. The van der Waals surface area contributed by atoms with Crippen molar-refractivity contribution in [2.75, 3.05) is 0 Å². The molecule has 0 saturated heterocycles. The molecule has 0 rings (SSSR count). The fraction of sp³-hybridized carbons (Fsp3) is 0.400. The third-order valence-electron chi connectivity index (χ3n) is 1.28. The second-order valence-electron chi connectivity index (χ2n) is 2.80. The van der Waals surface area contributed by atoms with Crippen LogP contribution in [0.15, 0.2) is 0 Å². The highest BCUT2D eigenvalue weighted by atomic mass is 16.4. The molecule has 112 valence electrons. The summed E-state index contributed by atoms with van der Waals surface area (Å²) >= 11 is 0. The molecule has 0 aromatic heterocycles. The Bertz CT molecular complexity index is 377. The van der Waals surface area contributed by atoms with E-state index in [1.54, 1.807) is 0 Å². The Hall–Kier alpha value is -2.87. The van der Waals surface area contributed by atoms with Crippen LogP contribution in [0.25, 0.3) is 0 Å². The van der Waals surface area contributed by atoms with Gasteiger partial charge in [-0.05, 0) is 0 Å². The predicted octanol–water partition coefficient (Wildman–Crippen LogP) is -1.03. The van der Waals surface area contributed by atoms with Gasteiger partial charge in [0.1, 0.15) is 6.29 Å². The van der Waals surface area contributed by atoms with E-state index >= 15 is 0 Å². The predicted molar refractivity (Wildman–Crippen MR) is 57.5 cm³/mol. The second-order valence-corrected chi connectivity index (χ2v) is 2.80. The van der Waals surface area contributed by atoms with Gasteiger partial charge in [0, 0.05) is 12.8 Å². The topological polar surface area (TPSA) is 180 Å². The minimum absolute atomic E-state index is 0.0521. The van der Waals surface area contributed by atoms with Gasteiger partial charge in [0.15, 0.2) is 0 Å². The summed E-state index contributed by atoms with van der Waals surface area (Å²) in [4.78, 5) is 65.0. The van der Waals surface area contributed by atoms with Crippen LogP contribution in [-0.2, 0) is 33.6 Å². The lowest BCUT2D eigenvalue weighted by molar-refractivity contribution is -0.191. The Morgan fingerprint density at radius 2 is 1.25 bits per heavy atom. The summed E-state index contributed by atoms with van der Waals surface area (Å²) in [5.41, 5.74) is 0. The van der Waals surface area contributed by atoms with Crippen molar-refractivity contribution in [1.29, 1.82) is 0 Å². The van der Waals surface area contributed by atoms with Crippen LogP contribution in [0, 0.1) is 0 Å². The van der Waals surface area contributed by atoms with Crippen molar-refractivity contribution in [1.82, 2.24) is 0 Å². The van der Waals surface area contributed by atoms with Gasteiger partial charge in [-0.3, -0.25) is 14.4 Å². The number of hydrogen-bond donors (Lipinski definition) is 3. The molecule has 0 amide bonds. The number of carbonyl (C=O) groups excluding carboxylic acids is 4. The number of carboxylic acid groups (broad SMARTS) is 3. The van der Waals surface area contributed by atoms with E-state index in [1.807, 2.05) is 0 Å². The first kappa shape index (κ1) is 22.3. The van der Waals surface area contributed by atoms with Gasteiger partial charge in [-0.15, -0.1) is 0 Å². The highest BCUT2D eigenvalue weighted by Gasteiger charge is 2.12. The number of carbonyl (C=O) groups is 5. The maximum absolute atomic E-state index is 10.2. The molecule has 0 unspecified atom stereocenters. The molecule has 0 aromatic carbocycles. The Morgan fingerprint density at radius 3 is 1.45 bits per heavy atom. The number of Topliss-reactive ketones (excluding diaryl/α,β-unsaturated/α-hetero) is 1. The third-order valence-corrected chi connectivity index (χ3v) is 1.28. The Labute approximate surface area is 112 Å². The molecule has 0 atom stereocenters. The zero-order valence-corrected chi connectivity index (χ0v) is 10.1. The molecule has 0 aliphatic heterocycles. The Balaban J connectivity index is -0.000000251. The normalized spacial score (nSPS) is 7.60. The monoisotopic (exact) mass is 292 g/mol. The summed E-state index contributed by atoms with van der Waals surface area (Å²) in [7, 11) is 0. The summed E-state index contributed by atoms with van der Waals surface area (Å²) in [6.45, 7) is 0. The first-order chi connectivity index (χ1) is 9.22. The SMILES string of the molecule is O=C(O)CCC(=O)C(=O)O.O=C=O.O=CCCC(=O)O. The number of rotatable bonds is 7. The summed E-state index contributed by atoms with van der Waals surface area (Å²) in [6.07, 6.45) is 0.0444. The quantitative estimate of drug-likeness (QED) is 0.387. The van der Waals surface area contributed by atoms with Crippen LogP contribution >= 0.6 is 0 Å². The first-order valence-corrected chi connectivity index (χ1v) is 4.85. The minimum atomic E-state index is -1.58. The molecule has 3 N–H and O–H groups in total. The van der Waals surface area contributed by atoms with E-state index in [0.717, 1.165) is 0 Å². The standard InChI is InChI=1S/C5H6O5.C4H6O3.CO2/c6-3(5(9)10)1-2-4(7)8;5-3-1-2-4(6)7;2-1-3/h1-2H2,(H,7,8)(H,9,10);3H,1-2H2,(H,6,7);. The zero-order valence-electron chi connectivity index (χ0n) is 10.1. The Kier molecular flexibility index (Phi) is 18.0. The van der Waals surface area contributed by atoms with Crippen LogP contribution in [-0.4, -0.2) is 51.4 Å². The van der Waals surface area contributed by atoms with Crippen LogP contribution < -0.4 is 0 Å². The maximum Gasteiger partial charge on any atom is 0.373 e. The van der Waals surface area contributed by atoms with Gasteiger partial charge in [0.25, 0.3) is 0 Å². The average molecular weight is 292 g/mol. The van der Waals surface area contributed by atoms with Gasteiger partial charge in [0.2, 0.25) is 5.78 Å². The first-order valence-electron chi connectivity index (χ1n) is 4.85. The molecule has 10 heteroatoms. The molecule has 0 spiro atoms. The van der Waals surface area contributed by atoms with Gasteiger partial charge in [-0.25, -0.2) is 4.79 Å². The van der Waals surface area contributed by atoms with Gasteiger partial charge in [-0.2, -0.15) is 9.59 Å². The molecule has 0 aliphatic carbocycles. The van der Waals surface area contributed by atoms with E-state index in [4.69, 9.17) is 24.9 Å². The second kappa shape index (κ2) is 16.1. The summed E-state index contributed by atoms with van der Waals surface area (Å²) in [5.74, 6) is -4.75. The van der Waals surface area contributed by atoms with Gasteiger partial charge in [0.05, 0.1) is 12.8 Å². The van der Waals surface area contributed by atoms with E-state index < -0.39 is 36.5 Å². The molecule has 0 radical (unpaired) electrons. The van der Waals surface area contributed by atoms with Crippen LogP contribution in [0.2, 0.25) is 0 Å². The van der Waals surface area contributed by atoms with Crippen molar-refractivity contribution in [3.8, 4) is 0 Å². The molecular formula is C10H12O10. The summed E-state index contributed by atoms with van der Waals surface area (Å²) in [5, 5.41) is 23.8. The smallest absolute Gasteiger partial charge is 0.373 e. The molecule has 0 bridgehead atoms. The number of ketones is 1. The largest absolute Gasteiger partial charge is 0.481 e. The highest BCUT2D eigenvalue weighted by molar-refractivity contribution is 6.32. The fourth-order valence-electron chi connectivity index (χ4n) is 0.510. The van der Waals surface area contributed by atoms with Crippen molar-refractivity contribution >= 4 is 36.1 Å². The lowest BCUT2D eigenvalue weighted by Crippen LogP contribution is -2.13. The van der Waals surface area contributed by atoms with E-state index in [-0.39, 0.29) is 19.0 Å². The fourth-order valence-corrected chi connectivity index (χ4v) is 0.510. The molecule has 0 fully saturated rings. The van der Waals surface area contributed by atoms with Crippen molar-refractivity contribution in [2.45, 2.75) is 25.7 Å². The van der Waals surface area contributed by atoms with E-state index in [2.05, 4.69) is 0 Å². The average Bonchev–Trinajstić information content (AvgIpc) is 2.34. The molecular weight excluding hydrogens is 280 g/mol. The number of hydrogen-bond acceptors (Lipinski definition) is 7. The molecule has 0 saturated carbocycles. The van der Waals surface area contributed by atoms with Crippen LogP contribution in [0.3, 0.4) is 0 Å². The van der Waals surface area contributed by atoms with Crippen molar-refractivity contribution in [2.24, 2.45) is 0 Å². The highest BCUT2D eigenvalue weighted by Crippen LogP contribution is 1.90. The molecule has 0 heterocycles. The lowest BCUT2D eigenvalue weighted by Gasteiger charge is -1.88.